The van der Waals surface area contributed by atoms with Gasteiger partial charge in [0.2, 0.25) is 5.91 Å². The molecule has 0 radical (unpaired) electrons. The average molecular weight is 188 g/mol. The van der Waals surface area contributed by atoms with Gasteiger partial charge in [-0.1, -0.05) is 0 Å². The maximum Gasteiger partial charge on any atom is 0.300 e. The van der Waals surface area contributed by atoms with Crippen LogP contribution in [0.5, 0.6) is 0 Å². The molecule has 0 saturated carbocycles. The lowest BCUT2D eigenvalue weighted by Gasteiger charge is -2.18. The molecule has 0 bridgehead atoms. The number of carbonyl (C=O) groups excluding carboxylic acids is 1. The molecule has 1 aliphatic heterocycles. The molecule has 0 atom stereocenters. The number of nitrogens with two attached hydrogens (primary N) is 1. The normalized spacial score (nSPS) is 17.0. The number of hydrogen-bond acceptors (Lipinski definition) is 3. The van der Waals surface area contributed by atoms with Crippen molar-refractivity contribution in [1.29, 1.82) is 0 Å². The Labute approximate surface area is 77.3 Å². The molecule has 5 nitrogen and oxygen atoms in total. The summed E-state index contributed by atoms with van der Waals surface area (Å²) in [5, 5.41) is 10.6. The first-order valence-corrected chi connectivity index (χ1v) is 4.23. The van der Waals surface area contributed by atoms with Gasteiger partial charge in [-0.3, -0.25) is 9.59 Å². The fourth-order valence-corrected chi connectivity index (χ4v) is 1.11. The first kappa shape index (κ1) is 11.9. The van der Waals surface area contributed by atoms with Crippen LogP contribution in [-0.2, 0) is 9.59 Å². The molecule has 13 heavy (non-hydrogen) atoms. The summed E-state index contributed by atoms with van der Waals surface area (Å²) in [5.41, 5.74) is 5.10. The number of hydrogen-bond donors (Lipinski definition) is 3. The standard InChI is InChI=1S/C6H12N2O.C2H4O2/c7-6(9)5-1-3-8-4-2-5;1-2(3)4/h5,8H,1-4H2,(H2,7,9);1H3,(H,3,4). The van der Waals surface area contributed by atoms with E-state index in [9.17, 15) is 4.79 Å². The molecular weight excluding hydrogens is 172 g/mol. The van der Waals surface area contributed by atoms with Crippen LogP contribution in [0.15, 0.2) is 0 Å². The molecule has 0 aromatic rings. The van der Waals surface area contributed by atoms with E-state index in [1.165, 1.54) is 0 Å². The zero-order chi connectivity index (χ0) is 10.3. The van der Waals surface area contributed by atoms with Gasteiger partial charge in [-0.05, 0) is 25.9 Å². The monoisotopic (exact) mass is 188 g/mol. The Morgan fingerprint density at radius 1 is 1.38 bits per heavy atom. The second kappa shape index (κ2) is 6.42. The lowest BCUT2D eigenvalue weighted by atomic mass is 9.98. The highest BCUT2D eigenvalue weighted by Crippen LogP contribution is 2.09. The summed E-state index contributed by atoms with van der Waals surface area (Å²) >= 11 is 0. The van der Waals surface area contributed by atoms with Crippen molar-refractivity contribution < 1.29 is 14.7 Å². The van der Waals surface area contributed by atoms with Gasteiger partial charge in [-0.15, -0.1) is 0 Å². The molecule has 1 aliphatic rings. The first-order valence-electron chi connectivity index (χ1n) is 4.23. The summed E-state index contributed by atoms with van der Waals surface area (Å²) < 4.78 is 0. The van der Waals surface area contributed by atoms with Crippen molar-refractivity contribution in [1.82, 2.24) is 5.32 Å². The van der Waals surface area contributed by atoms with Crippen molar-refractivity contribution in [3.8, 4) is 0 Å². The molecule has 4 N–H and O–H groups in total. The number of amides is 1. The van der Waals surface area contributed by atoms with E-state index in [0.717, 1.165) is 32.9 Å². The number of carbonyl (C=O) groups is 2. The van der Waals surface area contributed by atoms with Crippen molar-refractivity contribution in [2.75, 3.05) is 13.1 Å². The Hall–Kier alpha value is -1.10. The van der Waals surface area contributed by atoms with Gasteiger partial charge in [0, 0.05) is 12.8 Å². The summed E-state index contributed by atoms with van der Waals surface area (Å²) in [6.07, 6.45) is 1.82. The quantitative estimate of drug-likeness (QED) is 0.520. The van der Waals surface area contributed by atoms with Crippen molar-refractivity contribution >= 4 is 11.9 Å². The van der Waals surface area contributed by atoms with Crippen molar-refractivity contribution in [3.05, 3.63) is 0 Å². The van der Waals surface area contributed by atoms with E-state index >= 15 is 0 Å². The summed E-state index contributed by atoms with van der Waals surface area (Å²) in [5.74, 6) is -0.845. The number of carboxylic acid groups (broad SMARTS) is 1. The van der Waals surface area contributed by atoms with E-state index in [-0.39, 0.29) is 11.8 Å². The molecule has 0 aliphatic carbocycles. The number of aliphatic carboxylic acids is 1. The minimum absolute atomic E-state index is 0.131. The smallest absolute Gasteiger partial charge is 0.300 e. The summed E-state index contributed by atoms with van der Waals surface area (Å²) in [6, 6.07) is 0. The highest BCUT2D eigenvalue weighted by Gasteiger charge is 2.17. The Bertz CT molecular complexity index is 172. The summed E-state index contributed by atoms with van der Waals surface area (Å²) in [7, 11) is 0. The minimum atomic E-state index is -0.833. The molecule has 1 fully saturated rings. The summed E-state index contributed by atoms with van der Waals surface area (Å²) in [4.78, 5) is 19.5. The third kappa shape index (κ3) is 7.27. The van der Waals surface area contributed by atoms with Crippen molar-refractivity contribution in [3.63, 3.8) is 0 Å². The van der Waals surface area contributed by atoms with E-state index in [2.05, 4.69) is 5.32 Å². The van der Waals surface area contributed by atoms with Gasteiger partial charge >= 0.3 is 0 Å². The van der Waals surface area contributed by atoms with Gasteiger partial charge in [0.15, 0.2) is 0 Å². The predicted molar refractivity (Wildman–Crippen MR) is 48.1 cm³/mol. The number of rotatable bonds is 1. The lowest BCUT2D eigenvalue weighted by molar-refractivity contribution is -0.134. The molecule has 5 heteroatoms. The Kier molecular flexibility index (Phi) is 5.88. The van der Waals surface area contributed by atoms with Crippen LogP contribution in [0.1, 0.15) is 19.8 Å². The molecule has 1 rings (SSSR count). The van der Waals surface area contributed by atoms with Crippen LogP contribution < -0.4 is 11.1 Å². The van der Waals surface area contributed by atoms with Crippen molar-refractivity contribution in [2.24, 2.45) is 11.7 Å². The highest BCUT2D eigenvalue weighted by atomic mass is 16.4. The minimum Gasteiger partial charge on any atom is -0.481 e. The molecule has 1 heterocycles. The number of primary amides is 1. The highest BCUT2D eigenvalue weighted by molar-refractivity contribution is 5.76. The van der Waals surface area contributed by atoms with Crippen LogP contribution in [-0.4, -0.2) is 30.1 Å². The molecule has 0 unspecified atom stereocenters. The lowest BCUT2D eigenvalue weighted by Crippen LogP contribution is -2.34. The zero-order valence-corrected chi connectivity index (χ0v) is 7.75. The fraction of sp³-hybridized carbons (Fsp3) is 0.750. The van der Waals surface area contributed by atoms with Crippen molar-refractivity contribution in [2.45, 2.75) is 19.8 Å². The van der Waals surface area contributed by atoms with Gasteiger partial charge in [-0.25, -0.2) is 0 Å². The first-order chi connectivity index (χ1) is 6.04. The Morgan fingerprint density at radius 2 is 1.77 bits per heavy atom. The van der Waals surface area contributed by atoms with Crippen LogP contribution in [0.25, 0.3) is 0 Å². The summed E-state index contributed by atoms with van der Waals surface area (Å²) in [6.45, 7) is 2.96. The van der Waals surface area contributed by atoms with Gasteiger partial charge in [0.05, 0.1) is 0 Å². The van der Waals surface area contributed by atoms with E-state index in [1.54, 1.807) is 0 Å². The van der Waals surface area contributed by atoms with Crippen LogP contribution in [0, 0.1) is 5.92 Å². The van der Waals surface area contributed by atoms with Crippen LogP contribution >= 0.6 is 0 Å². The second-order valence-corrected chi connectivity index (χ2v) is 2.95. The van der Waals surface area contributed by atoms with E-state index in [1.807, 2.05) is 0 Å². The van der Waals surface area contributed by atoms with Gasteiger partial charge in [0.25, 0.3) is 5.97 Å². The molecule has 0 aromatic heterocycles. The Balaban J connectivity index is 0.000000310. The average Bonchev–Trinajstić information content (AvgIpc) is 2.05. The van der Waals surface area contributed by atoms with Gasteiger partial charge < -0.3 is 16.2 Å². The van der Waals surface area contributed by atoms with E-state index < -0.39 is 5.97 Å². The SMILES string of the molecule is CC(=O)O.NC(=O)C1CCNCC1. The number of carboxylic acids is 1. The third-order valence-corrected chi connectivity index (χ3v) is 1.74. The maximum absolute atomic E-state index is 10.5. The fourth-order valence-electron chi connectivity index (χ4n) is 1.11. The number of piperidine rings is 1. The third-order valence-electron chi connectivity index (χ3n) is 1.74. The molecule has 76 valence electrons. The molecule has 0 aromatic carbocycles. The topological polar surface area (TPSA) is 92.4 Å². The molecule has 1 saturated heterocycles. The van der Waals surface area contributed by atoms with Crippen LogP contribution in [0.3, 0.4) is 0 Å². The molecular formula is C8H16N2O3. The van der Waals surface area contributed by atoms with Crippen LogP contribution in [0.4, 0.5) is 0 Å². The zero-order valence-electron chi connectivity index (χ0n) is 7.75. The molecule has 0 spiro atoms. The molecule has 1 amide bonds. The number of nitrogens with one attached hydrogen (secondary N) is 1. The van der Waals surface area contributed by atoms with Gasteiger partial charge in [0.1, 0.15) is 0 Å². The van der Waals surface area contributed by atoms with Gasteiger partial charge in [-0.2, -0.15) is 0 Å². The van der Waals surface area contributed by atoms with Crippen LogP contribution in [0.2, 0.25) is 0 Å². The maximum atomic E-state index is 10.5. The van der Waals surface area contributed by atoms with E-state index in [4.69, 9.17) is 15.6 Å². The predicted octanol–water partition coefficient (Wildman–Crippen LogP) is -0.438. The Morgan fingerprint density at radius 3 is 2.00 bits per heavy atom. The largest absolute Gasteiger partial charge is 0.481 e. The second-order valence-electron chi connectivity index (χ2n) is 2.95. The van der Waals surface area contributed by atoms with E-state index in [0.29, 0.717) is 0 Å².